The number of halogens is 3. The molecule has 9 heteroatoms. The second-order valence-corrected chi connectivity index (χ2v) is 6.26. The first kappa shape index (κ1) is 16.7. The van der Waals surface area contributed by atoms with E-state index < -0.39 is 43.0 Å². The van der Waals surface area contributed by atoms with E-state index in [1.807, 2.05) is 6.92 Å². The number of amides is 1. The molecule has 122 valence electrons. The molecule has 0 aliphatic carbocycles. The second-order valence-electron chi connectivity index (χ2n) is 5.18. The van der Waals surface area contributed by atoms with Gasteiger partial charge in [-0.15, -0.1) is 11.3 Å². The molecule has 0 unspecified atom stereocenters. The van der Waals surface area contributed by atoms with Crippen molar-refractivity contribution in [3.05, 3.63) is 15.6 Å². The fraction of sp³-hybridized carbons (Fsp3) is 0.615. The summed E-state index contributed by atoms with van der Waals surface area (Å²) in [4.78, 5) is 28.8. The normalized spacial score (nSPS) is 22.1. The van der Waals surface area contributed by atoms with Crippen LogP contribution in [0.25, 0.3) is 0 Å². The molecule has 1 aromatic heterocycles. The van der Waals surface area contributed by atoms with Gasteiger partial charge in [0.2, 0.25) is 0 Å². The van der Waals surface area contributed by atoms with Crippen LogP contribution in [0, 0.1) is 18.8 Å². The Kier molecular flexibility index (Phi) is 4.46. The molecule has 1 saturated heterocycles. The number of aryl methyl sites for hydroxylation is 2. The smallest absolute Gasteiger partial charge is 0.394 e. The van der Waals surface area contributed by atoms with Crippen LogP contribution in [-0.4, -0.2) is 46.1 Å². The quantitative estimate of drug-likeness (QED) is 0.920. The highest BCUT2D eigenvalue weighted by atomic mass is 32.1. The first-order chi connectivity index (χ1) is 10.1. The number of hydrogen-bond acceptors (Lipinski definition) is 4. The Balaban J connectivity index is 2.24. The van der Waals surface area contributed by atoms with E-state index in [0.717, 1.165) is 21.2 Å². The van der Waals surface area contributed by atoms with E-state index in [1.165, 1.54) is 0 Å². The summed E-state index contributed by atoms with van der Waals surface area (Å²) in [5, 5.41) is 9.69. The Morgan fingerprint density at radius 1 is 1.41 bits per heavy atom. The van der Waals surface area contributed by atoms with E-state index >= 15 is 0 Å². The predicted octanol–water partition coefficient (Wildman–Crippen LogP) is 2.35. The highest BCUT2D eigenvalue weighted by Gasteiger charge is 2.53. The zero-order valence-corrected chi connectivity index (χ0v) is 12.8. The Bertz CT molecular complexity index is 600. The van der Waals surface area contributed by atoms with Crippen molar-refractivity contribution in [3.63, 3.8) is 0 Å². The van der Waals surface area contributed by atoms with Crippen molar-refractivity contribution in [2.45, 2.75) is 26.4 Å². The second kappa shape index (κ2) is 5.86. The lowest BCUT2D eigenvalue weighted by Gasteiger charge is -2.18. The molecule has 2 rings (SSSR count). The van der Waals surface area contributed by atoms with Gasteiger partial charge in [-0.3, -0.25) is 9.59 Å². The monoisotopic (exact) mass is 336 g/mol. The van der Waals surface area contributed by atoms with Crippen LogP contribution >= 0.6 is 11.3 Å². The summed E-state index contributed by atoms with van der Waals surface area (Å²) in [6.45, 7) is 2.42. The van der Waals surface area contributed by atoms with Gasteiger partial charge in [0.1, 0.15) is 4.88 Å². The summed E-state index contributed by atoms with van der Waals surface area (Å²) in [7, 11) is 0. The first-order valence-corrected chi connectivity index (χ1v) is 7.51. The maximum Gasteiger partial charge on any atom is 0.394 e. The molecule has 1 amide bonds. The van der Waals surface area contributed by atoms with Crippen LogP contribution in [0.2, 0.25) is 0 Å². The van der Waals surface area contributed by atoms with Crippen LogP contribution in [0.15, 0.2) is 0 Å². The number of rotatable bonds is 3. The van der Waals surface area contributed by atoms with Gasteiger partial charge >= 0.3 is 12.1 Å². The number of carboxylic acids is 1. The Labute approximate surface area is 128 Å². The number of aromatic nitrogens is 1. The molecule has 1 aliphatic rings. The molecule has 2 atom stereocenters. The summed E-state index contributed by atoms with van der Waals surface area (Å²) in [5.74, 6) is -5.77. The summed E-state index contributed by atoms with van der Waals surface area (Å²) < 4.78 is 38.8. The summed E-state index contributed by atoms with van der Waals surface area (Å²) in [6.07, 6.45) is -4.02. The number of nitrogens with zero attached hydrogens (tertiary/aromatic N) is 2. The first-order valence-electron chi connectivity index (χ1n) is 6.70. The van der Waals surface area contributed by atoms with Gasteiger partial charge in [0.05, 0.1) is 22.5 Å². The van der Waals surface area contributed by atoms with Gasteiger partial charge in [-0.1, -0.05) is 6.92 Å². The van der Waals surface area contributed by atoms with Crippen molar-refractivity contribution in [1.29, 1.82) is 0 Å². The molecule has 0 saturated carbocycles. The zero-order valence-electron chi connectivity index (χ0n) is 12.0. The molecule has 5 nitrogen and oxygen atoms in total. The third-order valence-corrected chi connectivity index (χ3v) is 4.97. The Morgan fingerprint density at radius 2 is 2.05 bits per heavy atom. The predicted molar refractivity (Wildman–Crippen MR) is 72.8 cm³/mol. The van der Waals surface area contributed by atoms with Gasteiger partial charge in [0, 0.05) is 13.1 Å². The maximum atomic E-state index is 12.9. The summed E-state index contributed by atoms with van der Waals surface area (Å²) in [5.41, 5.74) is 0.467. The van der Waals surface area contributed by atoms with Crippen molar-refractivity contribution >= 4 is 23.2 Å². The number of likely N-dealkylation sites (tertiary alicyclic amines) is 1. The van der Waals surface area contributed by atoms with Gasteiger partial charge in [-0.2, -0.15) is 13.2 Å². The number of carboxylic acid groups (broad SMARTS) is 1. The molecular formula is C13H15F3N2O3S. The fourth-order valence-corrected chi connectivity index (χ4v) is 3.47. The molecular weight excluding hydrogens is 321 g/mol. The lowest BCUT2D eigenvalue weighted by Crippen LogP contribution is -2.34. The molecule has 0 spiro atoms. The number of aliphatic carboxylic acids is 1. The number of hydrogen-bond donors (Lipinski definition) is 1. The molecule has 2 heterocycles. The highest BCUT2D eigenvalue weighted by molar-refractivity contribution is 7.13. The number of thiazole rings is 1. The van der Waals surface area contributed by atoms with E-state index in [4.69, 9.17) is 5.11 Å². The fourth-order valence-electron chi connectivity index (χ4n) is 2.50. The average Bonchev–Trinajstić information content (AvgIpc) is 3.01. The topological polar surface area (TPSA) is 70.5 Å². The van der Waals surface area contributed by atoms with E-state index in [1.54, 1.807) is 6.92 Å². The van der Waals surface area contributed by atoms with E-state index in [2.05, 4.69) is 4.98 Å². The van der Waals surface area contributed by atoms with Crippen LogP contribution in [-0.2, 0) is 11.2 Å². The number of carbonyl (C=O) groups excluding carboxylic acids is 1. The van der Waals surface area contributed by atoms with Crippen molar-refractivity contribution in [3.8, 4) is 0 Å². The zero-order chi connectivity index (χ0) is 16.7. The van der Waals surface area contributed by atoms with Crippen LogP contribution in [0.3, 0.4) is 0 Å². The third-order valence-electron chi connectivity index (χ3n) is 3.68. The van der Waals surface area contributed by atoms with Crippen LogP contribution in [0.1, 0.15) is 27.3 Å². The molecule has 1 fully saturated rings. The highest BCUT2D eigenvalue weighted by Crippen LogP contribution is 2.38. The van der Waals surface area contributed by atoms with Crippen molar-refractivity contribution < 1.29 is 27.9 Å². The van der Waals surface area contributed by atoms with Crippen molar-refractivity contribution in [2.24, 2.45) is 11.8 Å². The molecule has 0 bridgehead atoms. The van der Waals surface area contributed by atoms with Gasteiger partial charge in [0.25, 0.3) is 5.91 Å². The van der Waals surface area contributed by atoms with Gasteiger partial charge in [-0.25, -0.2) is 4.98 Å². The molecule has 0 radical (unpaired) electrons. The minimum Gasteiger partial charge on any atom is -0.481 e. The van der Waals surface area contributed by atoms with Crippen LogP contribution < -0.4 is 0 Å². The lowest BCUT2D eigenvalue weighted by atomic mass is 9.96. The number of alkyl halides is 3. The van der Waals surface area contributed by atoms with Gasteiger partial charge in [-0.05, 0) is 13.3 Å². The van der Waals surface area contributed by atoms with Crippen molar-refractivity contribution in [1.82, 2.24) is 9.88 Å². The van der Waals surface area contributed by atoms with Gasteiger partial charge in [0.15, 0.2) is 0 Å². The van der Waals surface area contributed by atoms with E-state index in [-0.39, 0.29) is 4.88 Å². The maximum absolute atomic E-state index is 12.9. The molecule has 1 N–H and O–H groups in total. The van der Waals surface area contributed by atoms with Gasteiger partial charge < -0.3 is 10.0 Å². The van der Waals surface area contributed by atoms with E-state index in [9.17, 15) is 22.8 Å². The SMILES string of the molecule is CCc1nc(C)c(C(=O)N2C[C@@H](C(F)(F)F)[C@H](C(=O)O)C2)s1. The van der Waals surface area contributed by atoms with Crippen molar-refractivity contribution in [2.75, 3.05) is 13.1 Å². The average molecular weight is 336 g/mol. The lowest BCUT2D eigenvalue weighted by molar-refractivity contribution is -0.187. The molecule has 1 aliphatic heterocycles. The minimum atomic E-state index is -4.64. The third kappa shape index (κ3) is 3.08. The van der Waals surface area contributed by atoms with Crippen LogP contribution in [0.5, 0.6) is 0 Å². The summed E-state index contributed by atoms with van der Waals surface area (Å²) in [6, 6.07) is 0. The largest absolute Gasteiger partial charge is 0.481 e. The molecule has 22 heavy (non-hydrogen) atoms. The molecule has 0 aromatic carbocycles. The minimum absolute atomic E-state index is 0.281. The molecule has 1 aromatic rings. The van der Waals surface area contributed by atoms with E-state index in [0.29, 0.717) is 12.1 Å². The Hall–Kier alpha value is -1.64. The Morgan fingerprint density at radius 3 is 2.45 bits per heavy atom. The number of carbonyl (C=O) groups is 2. The standard InChI is InChI=1S/C13H15F3N2O3S/c1-3-9-17-6(2)10(22-9)11(19)18-4-7(12(20)21)8(5-18)13(14,15)16/h7-8H,3-5H2,1-2H3,(H,20,21)/t7-,8-/m1/s1. The summed E-state index contributed by atoms with van der Waals surface area (Å²) >= 11 is 1.14. The van der Waals surface area contributed by atoms with Crippen LogP contribution in [0.4, 0.5) is 13.2 Å².